The Balaban J connectivity index is 1.96. The van der Waals surface area contributed by atoms with Gasteiger partial charge in [0.05, 0.1) is 5.92 Å². The summed E-state index contributed by atoms with van der Waals surface area (Å²) >= 11 is 0. The van der Waals surface area contributed by atoms with Crippen LogP contribution < -0.4 is 10.6 Å². The SMILES string of the molecule is O=C(N[C@@H](Cc1ccc(O)cc1)C(=O)O)C1CCCNC1. The van der Waals surface area contributed by atoms with Gasteiger partial charge in [0.25, 0.3) is 0 Å². The molecule has 1 aliphatic rings. The molecule has 1 fully saturated rings. The highest BCUT2D eigenvalue weighted by Crippen LogP contribution is 2.13. The molecule has 0 bridgehead atoms. The van der Waals surface area contributed by atoms with E-state index in [1.54, 1.807) is 12.1 Å². The average molecular weight is 292 g/mol. The first-order chi connectivity index (χ1) is 10.1. The van der Waals surface area contributed by atoms with E-state index in [2.05, 4.69) is 10.6 Å². The third kappa shape index (κ3) is 4.46. The van der Waals surface area contributed by atoms with E-state index in [1.807, 2.05) is 0 Å². The van der Waals surface area contributed by atoms with Crippen molar-refractivity contribution >= 4 is 11.9 Å². The van der Waals surface area contributed by atoms with E-state index in [4.69, 9.17) is 0 Å². The fourth-order valence-electron chi connectivity index (χ4n) is 2.43. The molecular weight excluding hydrogens is 272 g/mol. The fraction of sp³-hybridized carbons (Fsp3) is 0.467. The lowest BCUT2D eigenvalue weighted by Gasteiger charge is -2.24. The Morgan fingerprint density at radius 2 is 2.05 bits per heavy atom. The quantitative estimate of drug-likeness (QED) is 0.633. The fourth-order valence-corrected chi connectivity index (χ4v) is 2.43. The van der Waals surface area contributed by atoms with Crippen LogP contribution in [0.1, 0.15) is 18.4 Å². The molecule has 6 nitrogen and oxygen atoms in total. The van der Waals surface area contributed by atoms with Crippen LogP contribution in [0, 0.1) is 5.92 Å². The Hall–Kier alpha value is -2.08. The number of benzene rings is 1. The van der Waals surface area contributed by atoms with Crippen molar-refractivity contribution in [1.82, 2.24) is 10.6 Å². The zero-order chi connectivity index (χ0) is 15.2. The van der Waals surface area contributed by atoms with Gasteiger partial charge in [-0.15, -0.1) is 0 Å². The van der Waals surface area contributed by atoms with E-state index in [0.29, 0.717) is 6.54 Å². The monoisotopic (exact) mass is 292 g/mol. The second-order valence-electron chi connectivity index (χ2n) is 5.31. The number of phenolic OH excluding ortho intramolecular Hbond substituents is 1. The van der Waals surface area contributed by atoms with Gasteiger partial charge in [0.15, 0.2) is 0 Å². The highest BCUT2D eigenvalue weighted by atomic mass is 16.4. The molecular formula is C15H20N2O4. The second-order valence-corrected chi connectivity index (χ2v) is 5.31. The van der Waals surface area contributed by atoms with Crippen molar-refractivity contribution in [2.75, 3.05) is 13.1 Å². The maximum Gasteiger partial charge on any atom is 0.326 e. The normalized spacial score (nSPS) is 19.7. The molecule has 0 aliphatic carbocycles. The first kappa shape index (κ1) is 15.3. The summed E-state index contributed by atoms with van der Waals surface area (Å²) in [5.41, 5.74) is 0.752. The number of aliphatic carboxylic acids is 1. The van der Waals surface area contributed by atoms with Crippen LogP contribution in [0.3, 0.4) is 0 Å². The van der Waals surface area contributed by atoms with Crippen LogP contribution in [0.5, 0.6) is 5.75 Å². The van der Waals surface area contributed by atoms with E-state index in [9.17, 15) is 19.8 Å². The van der Waals surface area contributed by atoms with Crippen LogP contribution in [0.25, 0.3) is 0 Å². The average Bonchev–Trinajstić information content (AvgIpc) is 2.49. The Bertz CT molecular complexity index is 495. The number of hydrogen-bond acceptors (Lipinski definition) is 4. The van der Waals surface area contributed by atoms with Crippen molar-refractivity contribution in [3.8, 4) is 5.75 Å². The number of carboxylic acid groups (broad SMARTS) is 1. The smallest absolute Gasteiger partial charge is 0.326 e. The number of phenols is 1. The summed E-state index contributed by atoms with van der Waals surface area (Å²) in [4.78, 5) is 23.4. The number of nitrogens with one attached hydrogen (secondary N) is 2. The van der Waals surface area contributed by atoms with Gasteiger partial charge in [0, 0.05) is 13.0 Å². The maximum atomic E-state index is 12.1. The number of aromatic hydroxyl groups is 1. The molecule has 21 heavy (non-hydrogen) atoms. The summed E-state index contributed by atoms with van der Waals surface area (Å²) in [5.74, 6) is -1.31. The molecule has 1 saturated heterocycles. The van der Waals surface area contributed by atoms with Gasteiger partial charge in [-0.25, -0.2) is 4.79 Å². The Morgan fingerprint density at radius 1 is 1.33 bits per heavy atom. The third-order valence-electron chi connectivity index (χ3n) is 3.66. The number of rotatable bonds is 5. The number of hydrogen-bond donors (Lipinski definition) is 4. The lowest BCUT2D eigenvalue weighted by Crippen LogP contribution is -2.48. The third-order valence-corrected chi connectivity index (χ3v) is 3.66. The summed E-state index contributed by atoms with van der Waals surface area (Å²) in [6, 6.07) is 5.35. The van der Waals surface area contributed by atoms with Crippen LogP contribution in [0.2, 0.25) is 0 Å². The number of carbonyl (C=O) groups excluding carboxylic acids is 1. The van der Waals surface area contributed by atoms with E-state index in [0.717, 1.165) is 24.9 Å². The molecule has 6 heteroatoms. The maximum absolute atomic E-state index is 12.1. The van der Waals surface area contributed by atoms with Gasteiger partial charge in [-0.1, -0.05) is 12.1 Å². The topological polar surface area (TPSA) is 98.7 Å². The molecule has 1 aromatic rings. The molecule has 0 aromatic heterocycles. The van der Waals surface area contributed by atoms with Gasteiger partial charge in [-0.3, -0.25) is 4.79 Å². The number of amides is 1. The summed E-state index contributed by atoms with van der Waals surface area (Å²) < 4.78 is 0. The van der Waals surface area contributed by atoms with E-state index in [1.165, 1.54) is 12.1 Å². The van der Waals surface area contributed by atoms with E-state index in [-0.39, 0.29) is 24.0 Å². The molecule has 114 valence electrons. The number of piperidine rings is 1. The van der Waals surface area contributed by atoms with Gasteiger partial charge < -0.3 is 20.8 Å². The van der Waals surface area contributed by atoms with Crippen LogP contribution in [-0.4, -0.2) is 41.2 Å². The Morgan fingerprint density at radius 3 is 2.62 bits per heavy atom. The molecule has 1 amide bonds. The lowest BCUT2D eigenvalue weighted by molar-refractivity contribution is -0.142. The molecule has 1 aromatic carbocycles. The van der Waals surface area contributed by atoms with E-state index < -0.39 is 12.0 Å². The highest BCUT2D eigenvalue weighted by molar-refractivity contribution is 5.85. The minimum atomic E-state index is -1.06. The highest BCUT2D eigenvalue weighted by Gasteiger charge is 2.26. The zero-order valence-corrected chi connectivity index (χ0v) is 11.7. The van der Waals surface area contributed by atoms with Gasteiger partial charge in [-0.2, -0.15) is 0 Å². The van der Waals surface area contributed by atoms with Crippen molar-refractivity contribution < 1.29 is 19.8 Å². The largest absolute Gasteiger partial charge is 0.508 e. The molecule has 1 aliphatic heterocycles. The number of carboxylic acids is 1. The van der Waals surface area contributed by atoms with Crippen LogP contribution in [0.15, 0.2) is 24.3 Å². The first-order valence-corrected chi connectivity index (χ1v) is 7.08. The van der Waals surface area contributed by atoms with Gasteiger partial charge in [0.2, 0.25) is 5.91 Å². The molecule has 0 spiro atoms. The Labute approximate surface area is 123 Å². The van der Waals surface area contributed by atoms with Crippen LogP contribution >= 0.6 is 0 Å². The van der Waals surface area contributed by atoms with Gasteiger partial charge >= 0.3 is 5.97 Å². The lowest BCUT2D eigenvalue weighted by atomic mass is 9.97. The van der Waals surface area contributed by atoms with Gasteiger partial charge in [-0.05, 0) is 37.1 Å². The van der Waals surface area contributed by atoms with Gasteiger partial charge in [0.1, 0.15) is 11.8 Å². The minimum absolute atomic E-state index is 0.128. The van der Waals surface area contributed by atoms with Crippen molar-refractivity contribution in [3.63, 3.8) is 0 Å². The van der Waals surface area contributed by atoms with Crippen molar-refractivity contribution in [1.29, 1.82) is 0 Å². The predicted molar refractivity (Wildman–Crippen MR) is 77.0 cm³/mol. The minimum Gasteiger partial charge on any atom is -0.508 e. The molecule has 2 atom stereocenters. The van der Waals surface area contributed by atoms with Crippen LogP contribution in [0.4, 0.5) is 0 Å². The van der Waals surface area contributed by atoms with Crippen molar-refractivity contribution in [2.45, 2.75) is 25.3 Å². The van der Waals surface area contributed by atoms with E-state index >= 15 is 0 Å². The number of carbonyl (C=O) groups is 2. The standard InChI is InChI=1S/C15H20N2O4/c18-12-5-3-10(4-6-12)8-13(15(20)21)17-14(19)11-2-1-7-16-9-11/h3-6,11,13,16,18H,1-2,7-9H2,(H,17,19)(H,20,21)/t11?,13-/m0/s1. The Kier molecular flexibility index (Phi) is 5.16. The second kappa shape index (κ2) is 7.08. The molecule has 4 N–H and O–H groups in total. The van der Waals surface area contributed by atoms with Crippen molar-refractivity contribution in [2.24, 2.45) is 5.92 Å². The predicted octanol–water partition coefficient (Wildman–Crippen LogP) is 0.504. The zero-order valence-electron chi connectivity index (χ0n) is 11.7. The molecule has 2 rings (SSSR count). The molecule has 0 saturated carbocycles. The summed E-state index contributed by atoms with van der Waals surface area (Å²) in [5, 5.41) is 24.2. The summed E-state index contributed by atoms with van der Waals surface area (Å²) in [6.45, 7) is 1.50. The van der Waals surface area contributed by atoms with Crippen molar-refractivity contribution in [3.05, 3.63) is 29.8 Å². The molecule has 1 heterocycles. The van der Waals surface area contributed by atoms with Crippen LogP contribution in [-0.2, 0) is 16.0 Å². The summed E-state index contributed by atoms with van der Waals surface area (Å²) in [6.07, 6.45) is 1.90. The molecule has 1 unspecified atom stereocenters. The first-order valence-electron chi connectivity index (χ1n) is 7.08. The molecule has 0 radical (unpaired) electrons. The summed E-state index contributed by atoms with van der Waals surface area (Å²) in [7, 11) is 0.